The highest BCUT2D eigenvalue weighted by molar-refractivity contribution is 5.75. The Labute approximate surface area is 164 Å². The number of rotatable bonds is 8. The van der Waals surface area contributed by atoms with Gasteiger partial charge in [-0.25, -0.2) is 0 Å². The minimum Gasteiger partial charge on any atom is -0.489 e. The van der Waals surface area contributed by atoms with Gasteiger partial charge < -0.3 is 15.2 Å². The summed E-state index contributed by atoms with van der Waals surface area (Å²) < 4.78 is 5.89. The van der Waals surface area contributed by atoms with Crippen LogP contribution in [0.5, 0.6) is 5.75 Å². The molecule has 2 N–H and O–H groups in total. The molecule has 0 heterocycles. The summed E-state index contributed by atoms with van der Waals surface area (Å²) in [6, 6.07) is 26.3. The minimum atomic E-state index is -0.693. The maximum atomic E-state index is 11.0. The smallest absolute Gasteiger partial charge is 0.307 e. The molecule has 4 rings (SSSR count). The van der Waals surface area contributed by atoms with E-state index in [0.29, 0.717) is 13.2 Å². The number of hydrogen-bond acceptors (Lipinski definition) is 3. The van der Waals surface area contributed by atoms with E-state index in [4.69, 9.17) is 9.84 Å². The topological polar surface area (TPSA) is 58.6 Å². The van der Waals surface area contributed by atoms with Gasteiger partial charge in [-0.3, -0.25) is 4.79 Å². The fraction of sp³-hybridized carbons (Fsp3) is 0.208. The average Bonchev–Trinajstić information content (AvgIpc) is 3.54. The first-order chi connectivity index (χ1) is 13.7. The van der Waals surface area contributed by atoms with Crippen LogP contribution in [0.3, 0.4) is 0 Å². The lowest BCUT2D eigenvalue weighted by Crippen LogP contribution is -2.01. The van der Waals surface area contributed by atoms with Gasteiger partial charge in [0.2, 0.25) is 0 Å². The average molecular weight is 373 g/mol. The van der Waals surface area contributed by atoms with Crippen molar-refractivity contribution >= 4 is 11.7 Å². The number of benzene rings is 3. The zero-order valence-electron chi connectivity index (χ0n) is 15.5. The van der Waals surface area contributed by atoms with Crippen LogP contribution in [0.2, 0.25) is 0 Å². The third-order valence-electron chi connectivity index (χ3n) is 5.09. The Balaban J connectivity index is 1.30. The van der Waals surface area contributed by atoms with Gasteiger partial charge in [-0.2, -0.15) is 0 Å². The van der Waals surface area contributed by atoms with Crippen LogP contribution in [0.25, 0.3) is 0 Å². The quantitative estimate of drug-likeness (QED) is 0.579. The molecule has 0 spiro atoms. The molecule has 0 amide bonds. The Morgan fingerprint density at radius 2 is 1.71 bits per heavy atom. The summed E-state index contributed by atoms with van der Waals surface area (Å²) in [5, 5.41) is 12.5. The molecule has 2 unspecified atom stereocenters. The van der Waals surface area contributed by atoms with Gasteiger partial charge in [0.05, 0.1) is 5.92 Å². The number of ether oxygens (including phenoxy) is 1. The van der Waals surface area contributed by atoms with Crippen molar-refractivity contribution in [3.8, 4) is 5.75 Å². The van der Waals surface area contributed by atoms with E-state index >= 15 is 0 Å². The van der Waals surface area contributed by atoms with Gasteiger partial charge in [0.25, 0.3) is 0 Å². The van der Waals surface area contributed by atoms with E-state index in [-0.39, 0.29) is 11.8 Å². The molecule has 1 fully saturated rings. The first kappa shape index (κ1) is 18.1. The lowest BCUT2D eigenvalue weighted by molar-refractivity contribution is -0.138. The number of carboxylic acids is 1. The lowest BCUT2D eigenvalue weighted by Gasteiger charge is -2.10. The van der Waals surface area contributed by atoms with Crippen molar-refractivity contribution in [1.29, 1.82) is 0 Å². The molecule has 142 valence electrons. The number of nitrogens with one attached hydrogen (secondary N) is 1. The van der Waals surface area contributed by atoms with Crippen LogP contribution in [-0.4, -0.2) is 11.1 Å². The van der Waals surface area contributed by atoms with Gasteiger partial charge in [0, 0.05) is 12.2 Å². The number of hydrogen-bond donors (Lipinski definition) is 2. The molecule has 1 aliphatic carbocycles. The summed E-state index contributed by atoms with van der Waals surface area (Å²) in [5.74, 6) is 0.121. The number of carboxylic acid groups (broad SMARTS) is 1. The molecule has 0 saturated heterocycles. The monoisotopic (exact) mass is 373 g/mol. The number of carbonyl (C=O) groups is 1. The Bertz CT molecular complexity index is 938. The largest absolute Gasteiger partial charge is 0.489 e. The van der Waals surface area contributed by atoms with Crippen molar-refractivity contribution in [2.45, 2.75) is 25.5 Å². The van der Waals surface area contributed by atoms with Crippen LogP contribution >= 0.6 is 0 Å². The van der Waals surface area contributed by atoms with Crippen LogP contribution in [0.1, 0.15) is 29.0 Å². The molecule has 1 saturated carbocycles. The predicted octanol–water partition coefficient (Wildman–Crippen LogP) is 5.07. The number of anilines is 1. The molecule has 0 radical (unpaired) electrons. The molecule has 0 aromatic heterocycles. The highest BCUT2D eigenvalue weighted by atomic mass is 16.5. The van der Waals surface area contributed by atoms with E-state index in [0.717, 1.165) is 34.5 Å². The third kappa shape index (κ3) is 4.52. The van der Waals surface area contributed by atoms with Crippen molar-refractivity contribution in [3.63, 3.8) is 0 Å². The van der Waals surface area contributed by atoms with Crippen molar-refractivity contribution in [2.24, 2.45) is 5.92 Å². The zero-order chi connectivity index (χ0) is 19.3. The Morgan fingerprint density at radius 3 is 2.43 bits per heavy atom. The van der Waals surface area contributed by atoms with Gasteiger partial charge in [0.15, 0.2) is 0 Å². The van der Waals surface area contributed by atoms with Gasteiger partial charge >= 0.3 is 5.97 Å². The summed E-state index contributed by atoms with van der Waals surface area (Å²) in [6.07, 6.45) is 0.748. The zero-order valence-corrected chi connectivity index (χ0v) is 15.5. The van der Waals surface area contributed by atoms with E-state index < -0.39 is 5.97 Å². The molecular weight excluding hydrogens is 350 g/mol. The second-order valence-corrected chi connectivity index (χ2v) is 7.18. The summed E-state index contributed by atoms with van der Waals surface area (Å²) in [4.78, 5) is 11.0. The van der Waals surface area contributed by atoms with Crippen LogP contribution in [0.15, 0.2) is 78.9 Å². The number of aliphatic carboxylic acids is 1. The second-order valence-electron chi connectivity index (χ2n) is 7.18. The fourth-order valence-electron chi connectivity index (χ4n) is 3.37. The molecule has 3 aromatic rings. The maximum absolute atomic E-state index is 11.0. The standard InChI is InChI=1S/C24H23NO3/c26-24(27)23-14-22(23)19-9-11-20(12-10-19)25-15-18-7-4-8-21(13-18)28-16-17-5-2-1-3-6-17/h1-13,22-23,25H,14-16H2,(H,26,27). The van der Waals surface area contributed by atoms with Gasteiger partial charge in [0.1, 0.15) is 12.4 Å². The normalized spacial score (nSPS) is 17.7. The van der Waals surface area contributed by atoms with Crippen LogP contribution in [0.4, 0.5) is 5.69 Å². The molecule has 28 heavy (non-hydrogen) atoms. The van der Waals surface area contributed by atoms with Gasteiger partial charge in [-0.15, -0.1) is 0 Å². The maximum Gasteiger partial charge on any atom is 0.307 e. The van der Waals surface area contributed by atoms with E-state index in [9.17, 15) is 4.79 Å². The molecule has 1 aliphatic rings. The third-order valence-corrected chi connectivity index (χ3v) is 5.09. The Hall–Kier alpha value is -3.27. The molecular formula is C24H23NO3. The fourth-order valence-corrected chi connectivity index (χ4v) is 3.37. The van der Waals surface area contributed by atoms with E-state index in [1.807, 2.05) is 60.7 Å². The highest BCUT2D eigenvalue weighted by Gasteiger charge is 2.43. The van der Waals surface area contributed by atoms with E-state index in [2.05, 4.69) is 23.5 Å². The summed E-state index contributed by atoms with van der Waals surface area (Å²) in [6.45, 7) is 1.25. The molecule has 3 aromatic carbocycles. The van der Waals surface area contributed by atoms with Crippen molar-refractivity contribution in [3.05, 3.63) is 95.6 Å². The lowest BCUT2D eigenvalue weighted by atomic mass is 10.1. The summed E-state index contributed by atoms with van der Waals surface area (Å²) in [7, 11) is 0. The SMILES string of the molecule is O=C(O)C1CC1c1ccc(NCc2cccc(OCc3ccccc3)c2)cc1. The molecule has 4 heteroatoms. The Kier molecular flexibility index (Phi) is 5.29. The molecule has 4 nitrogen and oxygen atoms in total. The van der Waals surface area contributed by atoms with Crippen LogP contribution in [-0.2, 0) is 17.9 Å². The summed E-state index contributed by atoms with van der Waals surface area (Å²) in [5.41, 5.74) is 4.41. The Morgan fingerprint density at radius 1 is 0.964 bits per heavy atom. The predicted molar refractivity (Wildman–Crippen MR) is 109 cm³/mol. The minimum absolute atomic E-state index is 0.171. The first-order valence-electron chi connectivity index (χ1n) is 9.51. The summed E-state index contributed by atoms with van der Waals surface area (Å²) >= 11 is 0. The van der Waals surface area contributed by atoms with E-state index in [1.54, 1.807) is 0 Å². The molecule has 0 bridgehead atoms. The first-order valence-corrected chi connectivity index (χ1v) is 9.51. The molecule has 0 aliphatic heterocycles. The van der Waals surface area contributed by atoms with Crippen LogP contribution < -0.4 is 10.1 Å². The van der Waals surface area contributed by atoms with Gasteiger partial charge in [-0.05, 0) is 53.3 Å². The molecule has 2 atom stereocenters. The van der Waals surface area contributed by atoms with Crippen LogP contribution in [0, 0.1) is 5.92 Å². The van der Waals surface area contributed by atoms with E-state index in [1.165, 1.54) is 0 Å². The van der Waals surface area contributed by atoms with Gasteiger partial charge in [-0.1, -0.05) is 54.6 Å². The second kappa shape index (κ2) is 8.17. The van der Waals surface area contributed by atoms with Crippen molar-refractivity contribution in [2.75, 3.05) is 5.32 Å². The van der Waals surface area contributed by atoms with Crippen molar-refractivity contribution in [1.82, 2.24) is 0 Å². The van der Waals surface area contributed by atoms with Crippen molar-refractivity contribution < 1.29 is 14.6 Å². The highest BCUT2D eigenvalue weighted by Crippen LogP contribution is 2.47.